The van der Waals surface area contributed by atoms with Crippen LogP contribution >= 0.6 is 22.6 Å². The third kappa shape index (κ3) is 3.11. The molecular formula is C19H17IO. The van der Waals surface area contributed by atoms with Crippen molar-refractivity contribution in [2.45, 2.75) is 19.4 Å². The Hall–Kier alpha value is -1.39. The van der Waals surface area contributed by atoms with E-state index in [1.54, 1.807) is 0 Å². The van der Waals surface area contributed by atoms with Crippen LogP contribution in [0.1, 0.15) is 22.8 Å². The molecule has 2 heteroatoms. The molecule has 0 heterocycles. The first-order valence-corrected chi connectivity index (χ1v) is 8.14. The van der Waals surface area contributed by atoms with Crippen LogP contribution in [0.5, 0.6) is 0 Å². The van der Waals surface area contributed by atoms with E-state index < -0.39 is 6.10 Å². The van der Waals surface area contributed by atoms with Gasteiger partial charge in [0, 0.05) is 9.99 Å². The van der Waals surface area contributed by atoms with Crippen molar-refractivity contribution in [3.05, 3.63) is 80.9 Å². The summed E-state index contributed by atoms with van der Waals surface area (Å²) in [5, 5.41) is 13.0. The van der Waals surface area contributed by atoms with E-state index >= 15 is 0 Å². The van der Waals surface area contributed by atoms with Crippen molar-refractivity contribution < 1.29 is 5.11 Å². The summed E-state index contributed by atoms with van der Waals surface area (Å²) in [4.78, 5) is 0. The van der Waals surface area contributed by atoms with Crippen LogP contribution in [0.2, 0.25) is 0 Å². The number of hydrogen-bond acceptors (Lipinski definition) is 1. The molecule has 0 saturated carbocycles. The maximum Gasteiger partial charge on any atom is 0.0840 e. The minimum atomic E-state index is -0.460. The molecule has 0 aliphatic rings. The number of fused-ring (bicyclic) bond motifs is 1. The quantitative estimate of drug-likeness (QED) is 0.624. The lowest BCUT2D eigenvalue weighted by atomic mass is 9.98. The van der Waals surface area contributed by atoms with Gasteiger partial charge in [0.15, 0.2) is 0 Å². The lowest BCUT2D eigenvalue weighted by molar-refractivity contribution is 0.177. The first-order valence-electron chi connectivity index (χ1n) is 7.06. The summed E-state index contributed by atoms with van der Waals surface area (Å²) >= 11 is 2.32. The summed E-state index contributed by atoms with van der Waals surface area (Å²) < 4.78 is 1.16. The van der Waals surface area contributed by atoms with Crippen LogP contribution in [-0.2, 0) is 6.42 Å². The van der Waals surface area contributed by atoms with Gasteiger partial charge in [-0.15, -0.1) is 0 Å². The molecule has 3 aromatic rings. The molecule has 3 aromatic carbocycles. The van der Waals surface area contributed by atoms with Crippen molar-refractivity contribution in [3.63, 3.8) is 0 Å². The van der Waals surface area contributed by atoms with Crippen LogP contribution in [0.25, 0.3) is 10.8 Å². The van der Waals surface area contributed by atoms with E-state index in [9.17, 15) is 5.11 Å². The third-order valence-corrected chi connectivity index (χ3v) is 5.30. The summed E-state index contributed by atoms with van der Waals surface area (Å²) in [6.45, 7) is 2.08. The zero-order valence-corrected chi connectivity index (χ0v) is 14.0. The van der Waals surface area contributed by atoms with Gasteiger partial charge in [0.05, 0.1) is 6.10 Å². The Bertz CT molecular complexity index is 779. The van der Waals surface area contributed by atoms with Gasteiger partial charge in [-0.25, -0.2) is 0 Å². The monoisotopic (exact) mass is 388 g/mol. The van der Waals surface area contributed by atoms with Crippen molar-refractivity contribution in [1.29, 1.82) is 0 Å². The Morgan fingerprint density at radius 2 is 1.71 bits per heavy atom. The predicted molar refractivity (Wildman–Crippen MR) is 96.5 cm³/mol. The first-order chi connectivity index (χ1) is 10.1. The van der Waals surface area contributed by atoms with Gasteiger partial charge in [0.2, 0.25) is 0 Å². The van der Waals surface area contributed by atoms with Gasteiger partial charge in [-0.05, 0) is 57.0 Å². The average molecular weight is 388 g/mol. The van der Waals surface area contributed by atoms with E-state index in [1.807, 2.05) is 24.3 Å². The molecule has 0 bridgehead atoms. The highest BCUT2D eigenvalue weighted by atomic mass is 127. The SMILES string of the molecule is Cc1cccc(C(O)Cc2ccc3ccccc3c2)c1I. The molecule has 1 N–H and O–H groups in total. The molecule has 1 unspecified atom stereocenters. The van der Waals surface area contributed by atoms with Crippen LogP contribution in [0.3, 0.4) is 0 Å². The van der Waals surface area contributed by atoms with E-state index in [2.05, 4.69) is 65.9 Å². The van der Waals surface area contributed by atoms with Crippen molar-refractivity contribution in [1.82, 2.24) is 0 Å². The van der Waals surface area contributed by atoms with Crippen LogP contribution in [0.4, 0.5) is 0 Å². The molecule has 106 valence electrons. The smallest absolute Gasteiger partial charge is 0.0840 e. The zero-order chi connectivity index (χ0) is 14.8. The van der Waals surface area contributed by atoms with Gasteiger partial charge in [-0.1, -0.05) is 60.7 Å². The molecule has 0 spiro atoms. The summed E-state index contributed by atoms with van der Waals surface area (Å²) in [6, 6.07) is 20.8. The van der Waals surface area contributed by atoms with Crippen molar-refractivity contribution in [3.8, 4) is 0 Å². The molecule has 0 aliphatic carbocycles. The lowest BCUT2D eigenvalue weighted by Gasteiger charge is -2.15. The van der Waals surface area contributed by atoms with Gasteiger partial charge in [0.25, 0.3) is 0 Å². The largest absolute Gasteiger partial charge is 0.388 e. The summed E-state index contributed by atoms with van der Waals surface area (Å²) in [5.74, 6) is 0. The number of aliphatic hydroxyl groups is 1. The summed E-state index contributed by atoms with van der Waals surface area (Å²) in [7, 11) is 0. The number of halogens is 1. The maximum atomic E-state index is 10.5. The van der Waals surface area contributed by atoms with Crippen LogP contribution in [0.15, 0.2) is 60.7 Å². The van der Waals surface area contributed by atoms with E-state index in [4.69, 9.17) is 0 Å². The number of hydrogen-bond donors (Lipinski definition) is 1. The fourth-order valence-corrected chi connectivity index (χ4v) is 3.35. The van der Waals surface area contributed by atoms with Crippen LogP contribution < -0.4 is 0 Å². The summed E-state index contributed by atoms with van der Waals surface area (Å²) in [5.41, 5.74) is 3.40. The standard InChI is InChI=1S/C19H17IO/c1-13-5-4-8-17(19(13)20)18(21)12-14-9-10-15-6-2-3-7-16(15)11-14/h2-11,18,21H,12H2,1H3. The molecule has 0 amide bonds. The first kappa shape index (κ1) is 14.5. The van der Waals surface area contributed by atoms with Gasteiger partial charge < -0.3 is 5.11 Å². The Labute approximate surface area is 138 Å². The number of aryl methyl sites for hydroxylation is 1. The molecule has 0 fully saturated rings. The molecule has 3 rings (SSSR count). The van der Waals surface area contributed by atoms with Crippen molar-refractivity contribution >= 4 is 33.4 Å². The van der Waals surface area contributed by atoms with E-state index in [1.165, 1.54) is 21.9 Å². The Morgan fingerprint density at radius 1 is 0.952 bits per heavy atom. The number of aliphatic hydroxyl groups excluding tert-OH is 1. The van der Waals surface area contributed by atoms with Gasteiger partial charge in [0.1, 0.15) is 0 Å². The highest BCUT2D eigenvalue weighted by Gasteiger charge is 2.13. The molecule has 0 aromatic heterocycles. The average Bonchev–Trinajstić information content (AvgIpc) is 2.50. The second-order valence-corrected chi connectivity index (χ2v) is 6.46. The molecule has 1 atom stereocenters. The summed E-state index contributed by atoms with van der Waals surface area (Å²) in [6.07, 6.45) is 0.183. The van der Waals surface area contributed by atoms with Crippen LogP contribution in [0, 0.1) is 10.5 Å². The van der Waals surface area contributed by atoms with Gasteiger partial charge >= 0.3 is 0 Å². The fraction of sp³-hybridized carbons (Fsp3) is 0.158. The Balaban J connectivity index is 1.89. The minimum absolute atomic E-state index is 0.460. The highest BCUT2D eigenvalue weighted by Crippen LogP contribution is 2.26. The predicted octanol–water partition coefficient (Wildman–Crippen LogP) is 5.03. The van der Waals surface area contributed by atoms with Crippen molar-refractivity contribution in [2.75, 3.05) is 0 Å². The Morgan fingerprint density at radius 3 is 2.52 bits per heavy atom. The maximum absolute atomic E-state index is 10.5. The topological polar surface area (TPSA) is 20.2 Å². The van der Waals surface area contributed by atoms with E-state index in [0.717, 1.165) is 9.13 Å². The van der Waals surface area contributed by atoms with Gasteiger partial charge in [-0.3, -0.25) is 0 Å². The molecule has 1 nitrogen and oxygen atoms in total. The molecule has 0 aliphatic heterocycles. The fourth-order valence-electron chi connectivity index (χ4n) is 2.63. The van der Waals surface area contributed by atoms with E-state index in [0.29, 0.717) is 6.42 Å². The highest BCUT2D eigenvalue weighted by molar-refractivity contribution is 14.1. The van der Waals surface area contributed by atoms with Gasteiger partial charge in [-0.2, -0.15) is 0 Å². The normalized spacial score (nSPS) is 12.5. The lowest BCUT2D eigenvalue weighted by Crippen LogP contribution is -2.04. The number of benzene rings is 3. The second kappa shape index (κ2) is 6.16. The van der Waals surface area contributed by atoms with Crippen molar-refractivity contribution in [2.24, 2.45) is 0 Å². The van der Waals surface area contributed by atoms with E-state index in [-0.39, 0.29) is 0 Å². The molecular weight excluding hydrogens is 371 g/mol. The molecule has 0 saturated heterocycles. The van der Waals surface area contributed by atoms with Crippen LogP contribution in [-0.4, -0.2) is 5.11 Å². The zero-order valence-electron chi connectivity index (χ0n) is 11.9. The second-order valence-electron chi connectivity index (χ2n) is 5.38. The molecule has 21 heavy (non-hydrogen) atoms. The third-order valence-electron chi connectivity index (χ3n) is 3.82. The Kier molecular flexibility index (Phi) is 4.27. The number of rotatable bonds is 3. The minimum Gasteiger partial charge on any atom is -0.388 e. The molecule has 0 radical (unpaired) electrons.